The molecule has 0 radical (unpaired) electrons. The Labute approximate surface area is 143 Å². The summed E-state index contributed by atoms with van der Waals surface area (Å²) in [5.74, 6) is 1.93. The van der Waals surface area contributed by atoms with E-state index >= 15 is 0 Å². The molecule has 0 bridgehead atoms. The Kier molecular flexibility index (Phi) is 6.73. The summed E-state index contributed by atoms with van der Waals surface area (Å²) in [6.07, 6.45) is 3.65. The first-order valence-electron chi connectivity index (χ1n) is 8.33. The molecule has 2 rings (SSSR count). The van der Waals surface area contributed by atoms with Crippen LogP contribution in [0.25, 0.3) is 0 Å². The van der Waals surface area contributed by atoms with Crippen molar-refractivity contribution < 1.29 is 18.7 Å². The predicted octanol–water partition coefficient (Wildman–Crippen LogP) is 4.13. The smallest absolute Gasteiger partial charge is 0.254 e. The lowest BCUT2D eigenvalue weighted by Gasteiger charge is -2.17. The second-order valence-electron chi connectivity index (χ2n) is 5.54. The van der Waals surface area contributed by atoms with Gasteiger partial charge in [-0.25, -0.2) is 0 Å². The van der Waals surface area contributed by atoms with Gasteiger partial charge in [0.1, 0.15) is 5.76 Å². The molecule has 1 aromatic carbocycles. The van der Waals surface area contributed by atoms with Crippen molar-refractivity contribution in [2.24, 2.45) is 0 Å². The van der Waals surface area contributed by atoms with Gasteiger partial charge in [0.05, 0.1) is 26.0 Å². The number of ether oxygens (including phenoxy) is 2. The normalized spacial score (nSPS) is 10.5. The zero-order valence-electron chi connectivity index (χ0n) is 14.6. The van der Waals surface area contributed by atoms with E-state index in [2.05, 4.69) is 6.92 Å². The van der Waals surface area contributed by atoms with Gasteiger partial charge in [0.15, 0.2) is 11.5 Å². The van der Waals surface area contributed by atoms with E-state index in [-0.39, 0.29) is 5.91 Å². The lowest BCUT2D eigenvalue weighted by atomic mass is 10.1. The Morgan fingerprint density at radius 3 is 2.67 bits per heavy atom. The average molecular weight is 331 g/mol. The van der Waals surface area contributed by atoms with Crippen LogP contribution in [-0.4, -0.2) is 31.1 Å². The van der Waals surface area contributed by atoms with Crippen LogP contribution in [0.15, 0.2) is 41.0 Å². The van der Waals surface area contributed by atoms with Crippen molar-refractivity contribution >= 4 is 5.91 Å². The molecule has 0 saturated carbocycles. The van der Waals surface area contributed by atoms with Crippen LogP contribution >= 0.6 is 0 Å². The first-order chi connectivity index (χ1) is 11.7. The van der Waals surface area contributed by atoms with E-state index in [4.69, 9.17) is 13.9 Å². The molecule has 0 aliphatic rings. The highest BCUT2D eigenvalue weighted by molar-refractivity contribution is 5.94. The fraction of sp³-hybridized carbons (Fsp3) is 0.421. The summed E-state index contributed by atoms with van der Waals surface area (Å²) in [5.41, 5.74) is 0.565. The fourth-order valence-electron chi connectivity index (χ4n) is 2.28. The van der Waals surface area contributed by atoms with Gasteiger partial charge in [-0.1, -0.05) is 13.3 Å². The van der Waals surface area contributed by atoms with E-state index in [0.29, 0.717) is 36.8 Å². The Balaban J connectivity index is 2.10. The molecule has 5 heteroatoms. The van der Waals surface area contributed by atoms with Crippen LogP contribution in [0.1, 0.15) is 42.8 Å². The largest absolute Gasteiger partial charge is 0.490 e. The van der Waals surface area contributed by atoms with Crippen molar-refractivity contribution in [2.45, 2.75) is 33.2 Å². The van der Waals surface area contributed by atoms with Gasteiger partial charge in [0, 0.05) is 12.6 Å². The second kappa shape index (κ2) is 9.01. The minimum Gasteiger partial charge on any atom is -0.490 e. The second-order valence-corrected chi connectivity index (χ2v) is 5.54. The molecule has 1 amide bonds. The van der Waals surface area contributed by atoms with Gasteiger partial charge in [-0.3, -0.25) is 4.79 Å². The van der Waals surface area contributed by atoms with Gasteiger partial charge in [-0.05, 0) is 43.7 Å². The number of furan rings is 1. The lowest BCUT2D eigenvalue weighted by molar-refractivity contribution is 0.0775. The number of nitrogens with zero attached hydrogens (tertiary/aromatic N) is 1. The number of hydrogen-bond acceptors (Lipinski definition) is 4. The van der Waals surface area contributed by atoms with Crippen molar-refractivity contribution in [1.82, 2.24) is 4.90 Å². The van der Waals surface area contributed by atoms with E-state index < -0.39 is 0 Å². The summed E-state index contributed by atoms with van der Waals surface area (Å²) >= 11 is 0. The molecule has 0 saturated heterocycles. The first-order valence-corrected chi connectivity index (χ1v) is 8.33. The minimum atomic E-state index is -0.0903. The number of carbonyl (C=O) groups excluding carboxylic acids is 1. The van der Waals surface area contributed by atoms with Crippen LogP contribution in [0, 0.1) is 0 Å². The number of hydrogen-bond donors (Lipinski definition) is 0. The van der Waals surface area contributed by atoms with Crippen molar-refractivity contribution in [3.8, 4) is 11.5 Å². The monoisotopic (exact) mass is 331 g/mol. The van der Waals surface area contributed by atoms with Crippen molar-refractivity contribution in [2.75, 3.05) is 20.3 Å². The van der Waals surface area contributed by atoms with E-state index in [1.165, 1.54) is 0 Å². The van der Waals surface area contributed by atoms with Gasteiger partial charge in [-0.15, -0.1) is 0 Å². The SMILES string of the molecule is CCCCOc1ccc(C(=O)N(C)Cc2ccco2)cc1OCC. The molecule has 0 atom stereocenters. The van der Waals surface area contributed by atoms with Gasteiger partial charge >= 0.3 is 0 Å². The Hall–Kier alpha value is -2.43. The number of rotatable bonds is 9. The van der Waals surface area contributed by atoms with E-state index in [1.807, 2.05) is 19.1 Å². The maximum atomic E-state index is 12.6. The molecule has 0 aliphatic heterocycles. The number of amides is 1. The van der Waals surface area contributed by atoms with Gasteiger partial charge in [0.25, 0.3) is 5.91 Å². The molecule has 0 aliphatic carbocycles. The zero-order valence-corrected chi connectivity index (χ0v) is 14.6. The van der Waals surface area contributed by atoms with E-state index in [9.17, 15) is 4.79 Å². The van der Waals surface area contributed by atoms with E-state index in [1.54, 1.807) is 36.4 Å². The number of benzene rings is 1. The summed E-state index contributed by atoms with van der Waals surface area (Å²) in [7, 11) is 1.75. The van der Waals surface area contributed by atoms with Crippen LogP contribution in [0.2, 0.25) is 0 Å². The molecule has 0 N–H and O–H groups in total. The quantitative estimate of drug-likeness (QED) is 0.648. The summed E-state index contributed by atoms with van der Waals surface area (Å²) in [5, 5.41) is 0. The highest BCUT2D eigenvalue weighted by Crippen LogP contribution is 2.29. The number of unbranched alkanes of at least 4 members (excludes halogenated alkanes) is 1. The van der Waals surface area contributed by atoms with Gasteiger partial charge in [0.2, 0.25) is 0 Å². The van der Waals surface area contributed by atoms with Crippen LogP contribution < -0.4 is 9.47 Å². The summed E-state index contributed by atoms with van der Waals surface area (Å²) < 4.78 is 16.7. The third-order valence-corrected chi connectivity index (χ3v) is 3.57. The molecule has 0 fully saturated rings. The first kappa shape index (κ1) is 17.9. The van der Waals surface area contributed by atoms with Crippen LogP contribution in [-0.2, 0) is 6.54 Å². The lowest BCUT2D eigenvalue weighted by Crippen LogP contribution is -2.26. The standard InChI is InChI=1S/C19H25NO4/c1-4-6-11-24-17-10-9-15(13-18(17)22-5-2)19(21)20(3)14-16-8-7-12-23-16/h7-10,12-13H,4-6,11,14H2,1-3H3. The van der Waals surface area contributed by atoms with Gasteiger partial charge in [-0.2, -0.15) is 0 Å². The Morgan fingerprint density at radius 2 is 2.00 bits per heavy atom. The zero-order chi connectivity index (χ0) is 17.4. The molecular formula is C19H25NO4. The summed E-state index contributed by atoms with van der Waals surface area (Å²) in [6, 6.07) is 8.97. The molecule has 2 aromatic rings. The third kappa shape index (κ3) is 4.78. The van der Waals surface area contributed by atoms with Crippen molar-refractivity contribution in [1.29, 1.82) is 0 Å². The summed E-state index contributed by atoms with van der Waals surface area (Å²) in [6.45, 7) is 5.60. The molecule has 5 nitrogen and oxygen atoms in total. The minimum absolute atomic E-state index is 0.0903. The summed E-state index contributed by atoms with van der Waals surface area (Å²) in [4.78, 5) is 14.2. The van der Waals surface area contributed by atoms with Gasteiger partial charge < -0.3 is 18.8 Å². The fourth-order valence-corrected chi connectivity index (χ4v) is 2.28. The molecule has 24 heavy (non-hydrogen) atoms. The van der Waals surface area contributed by atoms with Crippen LogP contribution in [0.3, 0.4) is 0 Å². The highest BCUT2D eigenvalue weighted by Gasteiger charge is 2.16. The molecule has 130 valence electrons. The Morgan fingerprint density at radius 1 is 1.17 bits per heavy atom. The Bertz CT molecular complexity index is 637. The average Bonchev–Trinajstić information content (AvgIpc) is 3.09. The number of carbonyl (C=O) groups is 1. The van der Waals surface area contributed by atoms with Crippen LogP contribution in [0.4, 0.5) is 0 Å². The molecule has 1 heterocycles. The predicted molar refractivity (Wildman–Crippen MR) is 92.5 cm³/mol. The highest BCUT2D eigenvalue weighted by atomic mass is 16.5. The van der Waals surface area contributed by atoms with Crippen molar-refractivity contribution in [3.05, 3.63) is 47.9 Å². The molecular weight excluding hydrogens is 306 g/mol. The third-order valence-electron chi connectivity index (χ3n) is 3.57. The van der Waals surface area contributed by atoms with Crippen molar-refractivity contribution in [3.63, 3.8) is 0 Å². The maximum Gasteiger partial charge on any atom is 0.254 e. The topological polar surface area (TPSA) is 51.9 Å². The molecule has 0 unspecified atom stereocenters. The molecule has 0 spiro atoms. The maximum absolute atomic E-state index is 12.6. The van der Waals surface area contributed by atoms with E-state index in [0.717, 1.165) is 18.6 Å². The van der Waals surface area contributed by atoms with Crippen LogP contribution in [0.5, 0.6) is 11.5 Å². The molecule has 1 aromatic heterocycles.